The lowest BCUT2D eigenvalue weighted by Crippen LogP contribution is -2.38. The van der Waals surface area contributed by atoms with Gasteiger partial charge in [0.25, 0.3) is 0 Å². The Morgan fingerprint density at radius 2 is 1.61 bits per heavy atom. The maximum absolute atomic E-state index is 12.3. The highest BCUT2D eigenvalue weighted by atomic mass is 32.2. The first-order valence-electron chi connectivity index (χ1n) is 9.63. The first-order valence-corrected chi connectivity index (χ1v) is 11.0. The van der Waals surface area contributed by atoms with Gasteiger partial charge in [0.1, 0.15) is 16.2 Å². The van der Waals surface area contributed by atoms with E-state index >= 15 is 0 Å². The molecule has 1 atom stereocenters. The zero-order valence-corrected chi connectivity index (χ0v) is 18.8. The second-order valence-corrected chi connectivity index (χ2v) is 9.35. The van der Waals surface area contributed by atoms with Crippen LogP contribution in [-0.4, -0.2) is 39.7 Å². The van der Waals surface area contributed by atoms with Crippen LogP contribution in [0.25, 0.3) is 0 Å². The van der Waals surface area contributed by atoms with E-state index in [-0.39, 0.29) is 23.6 Å². The summed E-state index contributed by atoms with van der Waals surface area (Å²) in [5.74, 6) is -0.977. The third-order valence-electron chi connectivity index (χ3n) is 4.07. The molecule has 1 amide bonds. The van der Waals surface area contributed by atoms with Crippen molar-refractivity contribution in [2.45, 2.75) is 37.7 Å². The van der Waals surface area contributed by atoms with E-state index < -0.39 is 33.7 Å². The highest BCUT2D eigenvalue weighted by molar-refractivity contribution is 7.87. The van der Waals surface area contributed by atoms with E-state index in [2.05, 4.69) is 5.32 Å². The number of benzene rings is 2. The molecular weight excluding hydrogens is 422 g/mol. The van der Waals surface area contributed by atoms with Gasteiger partial charge in [-0.15, -0.1) is 0 Å². The van der Waals surface area contributed by atoms with Crippen LogP contribution in [0.1, 0.15) is 26.3 Å². The van der Waals surface area contributed by atoms with Crippen molar-refractivity contribution in [1.82, 2.24) is 5.32 Å². The molecule has 0 aromatic heterocycles. The molecule has 0 saturated carbocycles. The van der Waals surface area contributed by atoms with Gasteiger partial charge in [-0.3, -0.25) is 4.79 Å². The summed E-state index contributed by atoms with van der Waals surface area (Å²) in [6, 6.07) is 14.1. The van der Waals surface area contributed by atoms with Gasteiger partial charge in [-0.2, -0.15) is 8.42 Å². The van der Waals surface area contributed by atoms with E-state index in [0.717, 1.165) is 5.56 Å². The van der Waals surface area contributed by atoms with Gasteiger partial charge in [-0.05, 0) is 57.0 Å². The second kappa shape index (κ2) is 10.3. The molecule has 8 nitrogen and oxygen atoms in total. The standard InChI is InChI=1S/C22H27NO7S/c1-22(2,3)29-21(25)23-15-17(20(24)28-4)14-16-10-12-18(13-11-16)30-31(26,27)19-8-6-5-7-9-19/h5-13,17H,14-15H2,1-4H3,(H,23,25). The molecule has 2 aromatic rings. The second-order valence-electron chi connectivity index (χ2n) is 7.80. The van der Waals surface area contributed by atoms with Gasteiger partial charge >= 0.3 is 22.2 Å². The van der Waals surface area contributed by atoms with Gasteiger partial charge in [-0.1, -0.05) is 30.3 Å². The van der Waals surface area contributed by atoms with Gasteiger partial charge in [0.15, 0.2) is 0 Å². The monoisotopic (exact) mass is 449 g/mol. The molecule has 0 fully saturated rings. The Kier molecular flexibility index (Phi) is 8.04. The van der Waals surface area contributed by atoms with Crippen LogP contribution in [0.15, 0.2) is 59.5 Å². The Bertz CT molecular complexity index is 981. The van der Waals surface area contributed by atoms with Gasteiger partial charge in [0, 0.05) is 6.54 Å². The lowest BCUT2D eigenvalue weighted by atomic mass is 9.99. The lowest BCUT2D eigenvalue weighted by molar-refractivity contribution is -0.145. The molecule has 0 spiro atoms. The Morgan fingerprint density at radius 1 is 1.00 bits per heavy atom. The molecule has 0 heterocycles. The summed E-state index contributed by atoms with van der Waals surface area (Å²) in [6.07, 6.45) is -0.356. The van der Waals surface area contributed by atoms with E-state index in [1.165, 1.54) is 31.4 Å². The summed E-state index contributed by atoms with van der Waals surface area (Å²) in [4.78, 5) is 24.0. The summed E-state index contributed by atoms with van der Waals surface area (Å²) in [5, 5.41) is 2.57. The van der Waals surface area contributed by atoms with Crippen LogP contribution in [0.3, 0.4) is 0 Å². The minimum atomic E-state index is -3.94. The number of hydrogen-bond donors (Lipinski definition) is 1. The highest BCUT2D eigenvalue weighted by Crippen LogP contribution is 2.20. The maximum atomic E-state index is 12.3. The number of nitrogens with one attached hydrogen (secondary N) is 1. The van der Waals surface area contributed by atoms with Crippen molar-refractivity contribution in [3.63, 3.8) is 0 Å². The predicted molar refractivity (Wildman–Crippen MR) is 114 cm³/mol. The molecular formula is C22H27NO7S. The zero-order valence-electron chi connectivity index (χ0n) is 18.0. The molecule has 1 N–H and O–H groups in total. The lowest BCUT2D eigenvalue weighted by Gasteiger charge is -2.21. The van der Waals surface area contributed by atoms with E-state index in [1.807, 2.05) is 0 Å². The molecule has 0 aliphatic rings. The molecule has 168 valence electrons. The number of rotatable bonds is 8. The van der Waals surface area contributed by atoms with Crippen molar-refractivity contribution in [2.24, 2.45) is 5.92 Å². The summed E-state index contributed by atoms with van der Waals surface area (Å²) in [6.45, 7) is 5.26. The molecule has 31 heavy (non-hydrogen) atoms. The normalized spacial score (nSPS) is 12.5. The van der Waals surface area contributed by atoms with Crippen molar-refractivity contribution in [3.8, 4) is 5.75 Å². The molecule has 0 aliphatic carbocycles. The van der Waals surface area contributed by atoms with Crippen molar-refractivity contribution in [2.75, 3.05) is 13.7 Å². The summed E-state index contributed by atoms with van der Waals surface area (Å²) in [5.41, 5.74) is 0.0895. The van der Waals surface area contributed by atoms with E-state index in [4.69, 9.17) is 13.7 Å². The van der Waals surface area contributed by atoms with Crippen LogP contribution in [-0.2, 0) is 30.8 Å². The molecule has 1 unspecified atom stereocenters. The zero-order chi connectivity index (χ0) is 23.1. The van der Waals surface area contributed by atoms with Gasteiger partial charge in [0.2, 0.25) is 0 Å². The van der Waals surface area contributed by atoms with Crippen LogP contribution in [0, 0.1) is 5.92 Å². The predicted octanol–water partition coefficient (Wildman–Crippen LogP) is 3.31. The molecule has 0 saturated heterocycles. The molecule has 2 aromatic carbocycles. The van der Waals surface area contributed by atoms with Gasteiger partial charge in [0.05, 0.1) is 13.0 Å². The number of carbonyl (C=O) groups excluding carboxylic acids is 2. The summed E-state index contributed by atoms with van der Waals surface area (Å²) in [7, 11) is -2.66. The first kappa shape index (κ1) is 24.2. The molecule has 0 aliphatic heterocycles. The third-order valence-corrected chi connectivity index (χ3v) is 5.33. The number of methoxy groups -OCH3 is 1. The fraction of sp³-hybridized carbons (Fsp3) is 0.364. The van der Waals surface area contributed by atoms with Crippen molar-refractivity contribution < 1.29 is 31.7 Å². The first-order chi connectivity index (χ1) is 14.5. The SMILES string of the molecule is COC(=O)C(CNC(=O)OC(C)(C)C)Cc1ccc(OS(=O)(=O)c2ccccc2)cc1. The van der Waals surface area contributed by atoms with Crippen LogP contribution < -0.4 is 9.50 Å². The fourth-order valence-corrected chi connectivity index (χ4v) is 3.60. The minimum absolute atomic E-state index is 0.0300. The van der Waals surface area contributed by atoms with Gasteiger partial charge < -0.3 is 19.0 Å². The van der Waals surface area contributed by atoms with E-state index in [1.54, 1.807) is 51.1 Å². The average Bonchev–Trinajstić information content (AvgIpc) is 2.71. The smallest absolute Gasteiger partial charge is 0.407 e. The van der Waals surface area contributed by atoms with Gasteiger partial charge in [-0.25, -0.2) is 4.79 Å². The summed E-state index contributed by atoms with van der Waals surface area (Å²) >= 11 is 0. The molecule has 2 rings (SSSR count). The largest absolute Gasteiger partial charge is 0.469 e. The number of ether oxygens (including phenoxy) is 2. The van der Waals surface area contributed by atoms with Crippen molar-refractivity contribution in [3.05, 3.63) is 60.2 Å². The van der Waals surface area contributed by atoms with E-state index in [0.29, 0.717) is 0 Å². The van der Waals surface area contributed by atoms with E-state index in [9.17, 15) is 18.0 Å². The average molecular weight is 450 g/mol. The summed E-state index contributed by atoms with van der Waals surface area (Å²) < 4.78 is 39.8. The van der Waals surface area contributed by atoms with Crippen molar-refractivity contribution >= 4 is 22.2 Å². The Hall–Kier alpha value is -3.07. The molecule has 0 radical (unpaired) electrons. The Balaban J connectivity index is 2.02. The number of carbonyl (C=O) groups is 2. The minimum Gasteiger partial charge on any atom is -0.469 e. The third kappa shape index (κ3) is 7.93. The Morgan fingerprint density at radius 3 is 2.16 bits per heavy atom. The Labute approximate surface area is 182 Å². The molecule has 9 heteroatoms. The quantitative estimate of drug-likeness (QED) is 0.486. The number of amides is 1. The van der Waals surface area contributed by atoms with Crippen LogP contribution in [0.4, 0.5) is 4.79 Å². The molecule has 0 bridgehead atoms. The van der Waals surface area contributed by atoms with Crippen LogP contribution >= 0.6 is 0 Å². The topological polar surface area (TPSA) is 108 Å². The fourth-order valence-electron chi connectivity index (χ4n) is 2.65. The highest BCUT2D eigenvalue weighted by Gasteiger charge is 2.23. The number of hydrogen-bond acceptors (Lipinski definition) is 7. The number of esters is 1. The number of alkyl carbamates (subject to hydrolysis) is 1. The van der Waals surface area contributed by atoms with Crippen molar-refractivity contribution in [1.29, 1.82) is 0 Å². The van der Waals surface area contributed by atoms with Crippen LogP contribution in [0.5, 0.6) is 5.75 Å². The maximum Gasteiger partial charge on any atom is 0.407 e. The van der Waals surface area contributed by atoms with Crippen LogP contribution in [0.2, 0.25) is 0 Å².